The zero-order valence-electron chi connectivity index (χ0n) is 21.7. The highest BCUT2D eigenvalue weighted by atomic mass is 16.1. The third-order valence-electron chi connectivity index (χ3n) is 6.53. The molecule has 7 nitrogen and oxygen atoms in total. The Morgan fingerprint density at radius 3 is 2.37 bits per heavy atom. The first-order chi connectivity index (χ1) is 16.7. The van der Waals surface area contributed by atoms with Crippen molar-refractivity contribution in [1.29, 1.82) is 0 Å². The summed E-state index contributed by atoms with van der Waals surface area (Å²) in [5.74, 6) is 0.817. The molecule has 0 saturated carbocycles. The molecule has 2 heterocycles. The number of fused-ring (bicyclic) bond motifs is 1. The van der Waals surface area contributed by atoms with E-state index in [9.17, 15) is 4.79 Å². The number of nitrogens with zero attached hydrogens (tertiary/aromatic N) is 5. The number of aromatic nitrogens is 5. The molecule has 4 aromatic rings. The lowest BCUT2D eigenvalue weighted by atomic mass is 10.0. The highest BCUT2D eigenvalue weighted by Crippen LogP contribution is 2.29. The van der Waals surface area contributed by atoms with E-state index in [-0.39, 0.29) is 17.1 Å². The van der Waals surface area contributed by atoms with Crippen molar-refractivity contribution in [3.63, 3.8) is 0 Å². The molecule has 184 valence electrons. The normalized spacial score (nSPS) is 13.0. The van der Waals surface area contributed by atoms with Gasteiger partial charge < -0.3 is 4.98 Å². The molecule has 0 aliphatic rings. The summed E-state index contributed by atoms with van der Waals surface area (Å²) >= 11 is 0. The Kier molecular flexibility index (Phi) is 7.17. The van der Waals surface area contributed by atoms with E-state index >= 15 is 0 Å². The number of benzene rings is 2. The number of tetrazole rings is 1. The van der Waals surface area contributed by atoms with Gasteiger partial charge in [-0.25, -0.2) is 4.68 Å². The second-order valence-electron chi connectivity index (χ2n) is 10.3. The van der Waals surface area contributed by atoms with Crippen molar-refractivity contribution >= 4 is 10.9 Å². The average molecular weight is 473 g/mol. The minimum atomic E-state index is -0.251. The van der Waals surface area contributed by atoms with E-state index in [1.54, 1.807) is 0 Å². The zero-order valence-corrected chi connectivity index (χ0v) is 21.7. The molecule has 0 amide bonds. The fourth-order valence-corrected chi connectivity index (χ4v) is 4.55. The van der Waals surface area contributed by atoms with Gasteiger partial charge in [-0.2, -0.15) is 0 Å². The molecule has 0 fully saturated rings. The summed E-state index contributed by atoms with van der Waals surface area (Å²) in [6.07, 6.45) is 1.77. The lowest BCUT2D eigenvalue weighted by Gasteiger charge is -2.32. The summed E-state index contributed by atoms with van der Waals surface area (Å²) < 4.78 is 1.90. The van der Waals surface area contributed by atoms with E-state index in [4.69, 9.17) is 0 Å². The first-order valence-electron chi connectivity index (χ1n) is 12.4. The van der Waals surface area contributed by atoms with Gasteiger partial charge in [-0.05, 0) is 85.7 Å². The van der Waals surface area contributed by atoms with Crippen molar-refractivity contribution in [2.45, 2.75) is 79.1 Å². The Balaban J connectivity index is 1.77. The van der Waals surface area contributed by atoms with Crippen molar-refractivity contribution < 1.29 is 0 Å². The standard InChI is InChI=1S/C28H36N6O/c1-7-20-13-14-24-22(15-20)16-23(27(35)29-24)18-33(17-21-11-9-19(3)10-12-21)25(8-2)26-30-31-32-34(26)28(4,5)6/h9-16,25H,7-8,17-18H2,1-6H3,(H,29,35)/t25-/m0/s1. The number of nitrogens with one attached hydrogen (secondary N) is 1. The molecule has 1 N–H and O–H groups in total. The fraction of sp³-hybridized carbons (Fsp3) is 0.429. The predicted octanol–water partition coefficient (Wildman–Crippen LogP) is 5.29. The molecule has 0 aliphatic heterocycles. The van der Waals surface area contributed by atoms with Crippen molar-refractivity contribution in [2.75, 3.05) is 0 Å². The number of H-pyrrole nitrogens is 1. The van der Waals surface area contributed by atoms with Gasteiger partial charge in [-0.3, -0.25) is 9.69 Å². The number of pyridine rings is 1. The van der Waals surface area contributed by atoms with Gasteiger partial charge in [0.25, 0.3) is 5.56 Å². The maximum atomic E-state index is 13.1. The average Bonchev–Trinajstić information content (AvgIpc) is 3.31. The van der Waals surface area contributed by atoms with Crippen LogP contribution < -0.4 is 5.56 Å². The third-order valence-corrected chi connectivity index (χ3v) is 6.53. The molecule has 0 spiro atoms. The van der Waals surface area contributed by atoms with Crippen LogP contribution in [0.15, 0.2) is 53.3 Å². The van der Waals surface area contributed by atoms with Gasteiger partial charge in [0.15, 0.2) is 5.82 Å². The predicted molar refractivity (Wildman–Crippen MR) is 140 cm³/mol. The molecule has 0 unspecified atom stereocenters. The quantitative estimate of drug-likeness (QED) is 0.377. The molecule has 35 heavy (non-hydrogen) atoms. The second-order valence-corrected chi connectivity index (χ2v) is 10.3. The van der Waals surface area contributed by atoms with Crippen molar-refractivity contribution in [3.05, 3.63) is 87.0 Å². The Labute approximate surface area is 207 Å². The van der Waals surface area contributed by atoms with E-state index < -0.39 is 0 Å². The van der Waals surface area contributed by atoms with E-state index in [1.165, 1.54) is 16.7 Å². The molecular weight excluding hydrogens is 436 g/mol. The van der Waals surface area contributed by atoms with Gasteiger partial charge in [-0.15, -0.1) is 5.10 Å². The van der Waals surface area contributed by atoms with Crippen LogP contribution in [0.4, 0.5) is 0 Å². The van der Waals surface area contributed by atoms with Crippen molar-refractivity contribution in [2.24, 2.45) is 0 Å². The lowest BCUT2D eigenvalue weighted by Crippen LogP contribution is -2.35. The third kappa shape index (κ3) is 5.51. The number of aromatic amines is 1. The van der Waals surface area contributed by atoms with Crippen LogP contribution in [0, 0.1) is 6.92 Å². The molecular formula is C28H36N6O. The Hall–Kier alpha value is -3.32. The van der Waals surface area contributed by atoms with Gasteiger partial charge in [0.1, 0.15) is 0 Å². The molecule has 2 aromatic heterocycles. The van der Waals surface area contributed by atoms with Gasteiger partial charge in [0.2, 0.25) is 0 Å². The molecule has 4 rings (SSSR count). The lowest BCUT2D eigenvalue weighted by molar-refractivity contribution is 0.153. The molecule has 0 radical (unpaired) electrons. The number of aryl methyl sites for hydroxylation is 2. The summed E-state index contributed by atoms with van der Waals surface area (Å²) in [5, 5.41) is 13.8. The summed E-state index contributed by atoms with van der Waals surface area (Å²) in [6.45, 7) is 13.9. The summed E-state index contributed by atoms with van der Waals surface area (Å²) in [4.78, 5) is 18.5. The van der Waals surface area contributed by atoms with Crippen LogP contribution in [-0.2, 0) is 25.0 Å². The van der Waals surface area contributed by atoms with E-state index in [1.807, 2.05) is 16.8 Å². The first-order valence-corrected chi connectivity index (χ1v) is 12.4. The molecule has 7 heteroatoms. The molecule has 2 aromatic carbocycles. The molecule has 0 saturated heterocycles. The highest BCUT2D eigenvalue weighted by molar-refractivity contribution is 5.79. The Morgan fingerprint density at radius 1 is 1.00 bits per heavy atom. The fourth-order valence-electron chi connectivity index (χ4n) is 4.55. The zero-order chi connectivity index (χ0) is 25.2. The maximum absolute atomic E-state index is 13.1. The van der Waals surface area contributed by atoms with Gasteiger partial charge in [0, 0.05) is 24.2 Å². The van der Waals surface area contributed by atoms with Gasteiger partial charge >= 0.3 is 0 Å². The van der Waals surface area contributed by atoms with Crippen molar-refractivity contribution in [3.8, 4) is 0 Å². The smallest absolute Gasteiger partial charge is 0.252 e. The maximum Gasteiger partial charge on any atom is 0.252 e. The molecule has 1 atom stereocenters. The minimum absolute atomic E-state index is 0.0531. The van der Waals surface area contributed by atoms with Gasteiger partial charge in [-0.1, -0.05) is 49.7 Å². The highest BCUT2D eigenvalue weighted by Gasteiger charge is 2.29. The SMILES string of the molecule is CCc1ccc2[nH]c(=O)c(CN(Cc3ccc(C)cc3)[C@@H](CC)c3nnnn3C(C)(C)C)cc2c1. The van der Waals surface area contributed by atoms with Gasteiger partial charge in [0.05, 0.1) is 11.6 Å². The molecule has 0 aliphatic carbocycles. The Bertz CT molecular complexity index is 1350. The van der Waals surface area contributed by atoms with Crippen LogP contribution in [-0.4, -0.2) is 30.1 Å². The number of rotatable bonds is 8. The Morgan fingerprint density at radius 2 is 1.71 bits per heavy atom. The summed E-state index contributed by atoms with van der Waals surface area (Å²) in [5.41, 5.74) is 4.97. The summed E-state index contributed by atoms with van der Waals surface area (Å²) in [6, 6.07) is 16.8. The van der Waals surface area contributed by atoms with E-state index in [0.29, 0.717) is 13.1 Å². The van der Waals surface area contributed by atoms with E-state index in [0.717, 1.165) is 35.1 Å². The first kappa shape index (κ1) is 24.8. The number of hydrogen-bond acceptors (Lipinski definition) is 5. The van der Waals surface area contributed by atoms with Crippen molar-refractivity contribution in [1.82, 2.24) is 30.1 Å². The monoisotopic (exact) mass is 472 g/mol. The van der Waals surface area contributed by atoms with Crippen LogP contribution in [0.2, 0.25) is 0 Å². The van der Waals surface area contributed by atoms with Crippen LogP contribution in [0.1, 0.15) is 75.2 Å². The van der Waals surface area contributed by atoms with Crippen LogP contribution in [0.5, 0.6) is 0 Å². The minimum Gasteiger partial charge on any atom is -0.322 e. The van der Waals surface area contributed by atoms with Crippen LogP contribution >= 0.6 is 0 Å². The van der Waals surface area contributed by atoms with E-state index in [2.05, 4.69) is 103 Å². The topological polar surface area (TPSA) is 79.7 Å². The number of hydrogen-bond donors (Lipinski definition) is 1. The van der Waals surface area contributed by atoms with Crippen LogP contribution in [0.25, 0.3) is 10.9 Å². The van der Waals surface area contributed by atoms with Crippen LogP contribution in [0.3, 0.4) is 0 Å². The molecule has 0 bridgehead atoms. The second kappa shape index (κ2) is 10.1. The summed E-state index contributed by atoms with van der Waals surface area (Å²) in [7, 11) is 0. The largest absolute Gasteiger partial charge is 0.322 e.